The molecule has 510 valence electrons. The first-order chi connectivity index (χ1) is 54.6. The SMILES string of the molecule is c1ccc(-c2ccccc2N2c3cc4c(cc3B3c5ccc(-c6ccccc6)c(-c6ccccc6)c5Oc5cc(-c6cccc7oc8ccccc8c67)cc2c53)B2c3ccc(-c5ccccc5)c(-c5ccccc5)c3Oc3cc(-c5cccc6oc7ccccc7c56)cc(c32)N4c2ccccc2-c2ccccc2)cc1. The Morgan fingerprint density at radius 3 is 0.955 bits per heavy atom. The fourth-order valence-corrected chi connectivity index (χ4v) is 18.5. The second-order valence-corrected chi connectivity index (χ2v) is 29.1. The Bertz CT molecular complexity index is 6570. The van der Waals surface area contributed by atoms with Gasteiger partial charge in [-0.1, -0.05) is 309 Å². The van der Waals surface area contributed by atoms with Gasteiger partial charge < -0.3 is 28.1 Å². The van der Waals surface area contributed by atoms with Crippen LogP contribution in [0, 0.1) is 0 Å². The molecular formula is C102H62B2N2O4. The van der Waals surface area contributed by atoms with Gasteiger partial charge in [-0.25, -0.2) is 0 Å². The highest BCUT2D eigenvalue weighted by Crippen LogP contribution is 2.55. The van der Waals surface area contributed by atoms with E-state index in [0.717, 1.165) is 223 Å². The number of hydrogen-bond acceptors (Lipinski definition) is 6. The fraction of sp³-hybridized carbons (Fsp3) is 0. The van der Waals surface area contributed by atoms with Crippen LogP contribution in [0.3, 0.4) is 0 Å². The molecule has 0 bridgehead atoms. The van der Waals surface area contributed by atoms with Crippen LogP contribution in [0.4, 0.5) is 34.1 Å². The smallest absolute Gasteiger partial charge is 0.256 e. The van der Waals surface area contributed by atoms with Gasteiger partial charge in [-0.05, 0) is 166 Å². The van der Waals surface area contributed by atoms with Crippen LogP contribution in [-0.2, 0) is 0 Å². The molecule has 6 nitrogen and oxygen atoms in total. The highest BCUT2D eigenvalue weighted by molar-refractivity contribution is 7.02. The molecule has 17 aromatic carbocycles. The van der Waals surface area contributed by atoms with E-state index in [0.29, 0.717) is 0 Å². The number of para-hydroxylation sites is 4. The molecule has 110 heavy (non-hydrogen) atoms. The van der Waals surface area contributed by atoms with Gasteiger partial charge in [0.05, 0.1) is 11.4 Å². The molecule has 0 aliphatic carbocycles. The van der Waals surface area contributed by atoms with Gasteiger partial charge in [0.2, 0.25) is 0 Å². The Hall–Kier alpha value is -14.3. The van der Waals surface area contributed by atoms with Crippen LogP contribution < -0.4 is 52.1 Å². The molecule has 6 heterocycles. The van der Waals surface area contributed by atoms with E-state index in [1.54, 1.807) is 0 Å². The van der Waals surface area contributed by atoms with Crippen LogP contribution in [0.5, 0.6) is 23.0 Å². The number of hydrogen-bond donors (Lipinski definition) is 0. The summed E-state index contributed by atoms with van der Waals surface area (Å²) in [5, 5.41) is 4.20. The van der Waals surface area contributed by atoms with E-state index >= 15 is 0 Å². The van der Waals surface area contributed by atoms with Crippen molar-refractivity contribution >= 4 is 124 Å². The minimum absolute atomic E-state index is 0.380. The summed E-state index contributed by atoms with van der Waals surface area (Å²) in [6.45, 7) is -0.761. The molecule has 0 unspecified atom stereocenters. The number of benzene rings is 17. The number of furan rings is 2. The molecule has 0 saturated heterocycles. The van der Waals surface area contributed by atoms with Gasteiger partial charge in [0.15, 0.2) is 0 Å². The van der Waals surface area contributed by atoms with Gasteiger partial charge in [0, 0.05) is 66.5 Å². The quantitative estimate of drug-likeness (QED) is 0.127. The summed E-state index contributed by atoms with van der Waals surface area (Å²) in [5.41, 5.74) is 33.0. The lowest BCUT2D eigenvalue weighted by atomic mass is 9.30. The summed E-state index contributed by atoms with van der Waals surface area (Å²) >= 11 is 0. The number of anilines is 6. The van der Waals surface area contributed by atoms with E-state index in [1.165, 1.54) is 0 Å². The van der Waals surface area contributed by atoms with Crippen molar-refractivity contribution in [2.24, 2.45) is 0 Å². The van der Waals surface area contributed by atoms with E-state index in [9.17, 15) is 0 Å². The molecule has 0 atom stereocenters. The maximum atomic E-state index is 8.05. The maximum absolute atomic E-state index is 8.05. The summed E-state index contributed by atoms with van der Waals surface area (Å²) in [7, 11) is 0. The zero-order chi connectivity index (χ0) is 72.1. The highest BCUT2D eigenvalue weighted by Gasteiger charge is 2.49. The van der Waals surface area contributed by atoms with E-state index in [-0.39, 0.29) is 13.4 Å². The zero-order valence-corrected chi connectivity index (χ0v) is 59.5. The van der Waals surface area contributed by atoms with Crippen molar-refractivity contribution in [3.8, 4) is 112 Å². The molecule has 8 heteroatoms. The predicted octanol–water partition coefficient (Wildman–Crippen LogP) is 23.6. The van der Waals surface area contributed by atoms with Crippen molar-refractivity contribution in [3.05, 3.63) is 376 Å². The lowest BCUT2D eigenvalue weighted by Crippen LogP contribution is -2.64. The fourth-order valence-electron chi connectivity index (χ4n) is 18.5. The van der Waals surface area contributed by atoms with E-state index in [1.807, 2.05) is 0 Å². The Kier molecular flexibility index (Phi) is 13.9. The van der Waals surface area contributed by atoms with Crippen LogP contribution in [0.25, 0.3) is 133 Å². The molecule has 0 fully saturated rings. The van der Waals surface area contributed by atoms with Crippen molar-refractivity contribution in [3.63, 3.8) is 0 Å². The number of ether oxygens (including phenoxy) is 2. The first-order valence-electron chi connectivity index (χ1n) is 37.8. The largest absolute Gasteiger partial charge is 0.458 e. The molecule has 0 saturated carbocycles. The minimum Gasteiger partial charge on any atom is -0.458 e. The summed E-state index contributed by atoms with van der Waals surface area (Å²) in [6, 6.07) is 137. The van der Waals surface area contributed by atoms with Gasteiger partial charge in [-0.3, -0.25) is 0 Å². The van der Waals surface area contributed by atoms with Crippen LogP contribution >= 0.6 is 0 Å². The molecule has 4 aliphatic heterocycles. The third-order valence-corrected chi connectivity index (χ3v) is 23.2. The number of rotatable bonds is 10. The number of nitrogens with zero attached hydrogens (tertiary/aromatic N) is 2. The topological polar surface area (TPSA) is 51.2 Å². The first kappa shape index (κ1) is 61.9. The van der Waals surface area contributed by atoms with Gasteiger partial charge in [-0.2, -0.15) is 0 Å². The Labute approximate surface area is 636 Å². The Morgan fingerprint density at radius 2 is 0.545 bits per heavy atom. The molecule has 0 spiro atoms. The average molecular weight is 1400 g/mol. The molecule has 19 aromatic rings. The van der Waals surface area contributed by atoms with Gasteiger partial charge >= 0.3 is 0 Å². The molecular weight excluding hydrogens is 1340 g/mol. The summed E-state index contributed by atoms with van der Waals surface area (Å²) in [4.78, 5) is 5.16. The lowest BCUT2D eigenvalue weighted by Gasteiger charge is -2.45. The molecule has 0 radical (unpaired) electrons. The van der Waals surface area contributed by atoms with Crippen molar-refractivity contribution in [2.75, 3.05) is 9.80 Å². The van der Waals surface area contributed by atoms with Crippen molar-refractivity contribution in [1.29, 1.82) is 0 Å². The van der Waals surface area contributed by atoms with Gasteiger partial charge in [-0.15, -0.1) is 0 Å². The normalized spacial score (nSPS) is 12.8. The summed E-state index contributed by atoms with van der Waals surface area (Å²) in [5.74, 6) is 3.21. The van der Waals surface area contributed by atoms with Crippen LogP contribution in [-0.4, -0.2) is 13.4 Å². The molecule has 2 aromatic heterocycles. The van der Waals surface area contributed by atoms with Crippen LogP contribution in [0.2, 0.25) is 0 Å². The van der Waals surface area contributed by atoms with E-state index in [2.05, 4.69) is 386 Å². The number of fused-ring (bicyclic) bond motifs is 14. The van der Waals surface area contributed by atoms with Crippen molar-refractivity contribution in [1.82, 2.24) is 0 Å². The third-order valence-electron chi connectivity index (χ3n) is 23.2. The maximum Gasteiger partial charge on any atom is 0.256 e. The monoisotopic (exact) mass is 1400 g/mol. The van der Waals surface area contributed by atoms with Gasteiger partial charge in [0.25, 0.3) is 13.4 Å². The van der Waals surface area contributed by atoms with Crippen molar-refractivity contribution in [2.45, 2.75) is 0 Å². The first-order valence-corrected chi connectivity index (χ1v) is 37.8. The standard InChI is InChI=1S/C102H62B2N2O4/c1-7-29-63(30-8-1)71-41-19-23-47-83(71)105-85-62-86-82(61-81(85)103-79-55-53-75(65-33-11-3-12-34-65)95(67-37-15-5-16-38-67)101(79)109-93-59-69(57-87(105)99(93)103)73-45-27-51-91-97(73)77-43-21-25-49-89(77)107-91)104-80-56-54-76(66-35-13-4-14-36-66)96(68-39-17-6-18-40-68)102(80)110-94-60-70(74-46-28-52-92-98(74)78-44-22-26-50-90(78)108-92)58-88(100(94)104)106(86)84-48-24-20-42-72(84)64-31-9-2-10-32-64/h1-62H. The zero-order valence-electron chi connectivity index (χ0n) is 59.5. The second-order valence-electron chi connectivity index (χ2n) is 29.1. The summed E-state index contributed by atoms with van der Waals surface area (Å²) < 4.78 is 29.6. The Morgan fingerprint density at radius 1 is 0.209 bits per heavy atom. The van der Waals surface area contributed by atoms with Crippen LogP contribution in [0.15, 0.2) is 385 Å². The average Bonchev–Trinajstić information content (AvgIpc) is 0.833. The van der Waals surface area contributed by atoms with Crippen molar-refractivity contribution < 1.29 is 18.3 Å². The van der Waals surface area contributed by atoms with Gasteiger partial charge in [0.1, 0.15) is 45.3 Å². The molecule has 4 aliphatic rings. The molecule has 23 rings (SSSR count). The minimum atomic E-state index is -0.380. The summed E-state index contributed by atoms with van der Waals surface area (Å²) in [6.07, 6.45) is 0. The Balaban J connectivity index is 0.887. The molecule has 0 N–H and O–H groups in total. The van der Waals surface area contributed by atoms with Crippen LogP contribution in [0.1, 0.15) is 0 Å². The predicted molar refractivity (Wildman–Crippen MR) is 456 cm³/mol. The van der Waals surface area contributed by atoms with E-state index < -0.39 is 0 Å². The molecule has 0 amide bonds. The third kappa shape index (κ3) is 9.46. The van der Waals surface area contributed by atoms with E-state index in [4.69, 9.17) is 18.3 Å². The second kappa shape index (κ2) is 24.6. The highest BCUT2D eigenvalue weighted by atomic mass is 16.5. The lowest BCUT2D eigenvalue weighted by molar-refractivity contribution is 0.489.